The Hall–Kier alpha value is -2.77. The molecule has 0 unspecified atom stereocenters. The molecule has 0 bridgehead atoms. The number of halogens is 6. The van der Waals surface area contributed by atoms with Gasteiger partial charge in [0.1, 0.15) is 0 Å². The van der Waals surface area contributed by atoms with Gasteiger partial charge < -0.3 is 5.32 Å². The Morgan fingerprint density at radius 1 is 0.808 bits per heavy atom. The minimum absolute atomic E-state index is 0.0480. The first-order chi connectivity index (χ1) is 12.1. The smallest absolute Gasteiger partial charge is 0.354 e. The molecular weight excluding hydrogens is 358 g/mol. The van der Waals surface area contributed by atoms with Crippen molar-refractivity contribution in [1.29, 1.82) is 0 Å². The van der Waals surface area contributed by atoms with Crippen molar-refractivity contribution in [2.45, 2.75) is 19.3 Å². The molecule has 0 aliphatic carbocycles. The third-order valence-corrected chi connectivity index (χ3v) is 3.77. The van der Waals surface area contributed by atoms with Crippen LogP contribution in [0.5, 0.6) is 0 Å². The minimum Gasteiger partial charge on any atom is -0.354 e. The van der Waals surface area contributed by atoms with Gasteiger partial charge in [-0.15, -0.1) is 0 Å². The van der Waals surface area contributed by atoms with E-state index in [2.05, 4.69) is 10.3 Å². The van der Waals surface area contributed by atoms with Crippen LogP contribution >= 0.6 is 0 Å². The van der Waals surface area contributed by atoms with Gasteiger partial charge in [-0.05, 0) is 37.3 Å². The number of alkyl halides is 6. The summed E-state index contributed by atoms with van der Waals surface area (Å²) in [6.45, 7) is 1.56. The number of rotatable bonds is 2. The first kappa shape index (κ1) is 18.0. The summed E-state index contributed by atoms with van der Waals surface area (Å²) in [5.41, 5.74) is -1.25. The molecule has 0 radical (unpaired) electrons. The lowest BCUT2D eigenvalue weighted by Gasteiger charge is -2.16. The molecule has 136 valence electrons. The van der Waals surface area contributed by atoms with Gasteiger partial charge >= 0.3 is 12.4 Å². The standard InChI is InChI=1S/C18H12F6N2/c1-10-8-15(26-14-5-3-2-4-13(14)18(22,23)24)12-7-6-11(17(19,20)21)9-16(12)25-10/h2-9H,1H3,(H,25,26). The number of para-hydroxylation sites is 1. The lowest BCUT2D eigenvalue weighted by Crippen LogP contribution is -2.09. The highest BCUT2D eigenvalue weighted by Crippen LogP contribution is 2.38. The Bertz CT molecular complexity index is 960. The SMILES string of the molecule is Cc1cc(Nc2ccccc2C(F)(F)F)c2ccc(C(F)(F)F)cc2n1. The summed E-state index contributed by atoms with van der Waals surface area (Å²) in [4.78, 5) is 4.06. The second kappa shape index (κ2) is 6.19. The van der Waals surface area contributed by atoms with Crippen LogP contribution in [0.25, 0.3) is 10.9 Å². The second-order valence-corrected chi connectivity index (χ2v) is 5.71. The first-order valence-corrected chi connectivity index (χ1v) is 7.47. The van der Waals surface area contributed by atoms with Crippen molar-refractivity contribution in [3.05, 3.63) is 65.4 Å². The Morgan fingerprint density at radius 3 is 2.15 bits per heavy atom. The van der Waals surface area contributed by atoms with Crippen molar-refractivity contribution in [3.8, 4) is 0 Å². The summed E-state index contributed by atoms with van der Waals surface area (Å²) in [7, 11) is 0. The van der Waals surface area contributed by atoms with E-state index in [1.54, 1.807) is 6.92 Å². The van der Waals surface area contributed by atoms with Gasteiger partial charge in [0.25, 0.3) is 0 Å². The van der Waals surface area contributed by atoms with E-state index in [0.717, 1.165) is 18.2 Å². The molecule has 0 atom stereocenters. The average Bonchev–Trinajstić information content (AvgIpc) is 2.52. The molecule has 26 heavy (non-hydrogen) atoms. The van der Waals surface area contributed by atoms with Crippen molar-refractivity contribution in [1.82, 2.24) is 4.98 Å². The van der Waals surface area contributed by atoms with E-state index in [1.807, 2.05) is 0 Å². The van der Waals surface area contributed by atoms with Crippen LogP contribution in [0.3, 0.4) is 0 Å². The molecular formula is C18H12F6N2. The zero-order valence-corrected chi connectivity index (χ0v) is 13.3. The van der Waals surface area contributed by atoms with Crippen molar-refractivity contribution < 1.29 is 26.3 Å². The highest BCUT2D eigenvalue weighted by atomic mass is 19.4. The van der Waals surface area contributed by atoms with Crippen molar-refractivity contribution in [2.24, 2.45) is 0 Å². The van der Waals surface area contributed by atoms with Gasteiger partial charge in [-0.25, -0.2) is 0 Å². The topological polar surface area (TPSA) is 24.9 Å². The van der Waals surface area contributed by atoms with Gasteiger partial charge in [-0.3, -0.25) is 4.98 Å². The van der Waals surface area contributed by atoms with Gasteiger partial charge in [0, 0.05) is 16.8 Å². The first-order valence-electron chi connectivity index (χ1n) is 7.47. The molecule has 0 saturated carbocycles. The Morgan fingerprint density at radius 2 is 1.50 bits per heavy atom. The van der Waals surface area contributed by atoms with E-state index in [9.17, 15) is 26.3 Å². The van der Waals surface area contributed by atoms with E-state index in [-0.39, 0.29) is 16.9 Å². The molecule has 8 heteroatoms. The number of aromatic nitrogens is 1. The van der Waals surface area contributed by atoms with Crippen LogP contribution in [0.2, 0.25) is 0 Å². The molecule has 0 aliphatic heterocycles. The number of nitrogens with zero attached hydrogens (tertiary/aromatic N) is 1. The van der Waals surface area contributed by atoms with Crippen LogP contribution in [0.15, 0.2) is 48.5 Å². The van der Waals surface area contributed by atoms with E-state index in [0.29, 0.717) is 11.1 Å². The fourth-order valence-corrected chi connectivity index (χ4v) is 2.62. The second-order valence-electron chi connectivity index (χ2n) is 5.71. The number of pyridine rings is 1. The molecule has 1 N–H and O–H groups in total. The van der Waals surface area contributed by atoms with Crippen LogP contribution < -0.4 is 5.32 Å². The number of fused-ring (bicyclic) bond motifs is 1. The van der Waals surface area contributed by atoms with E-state index in [1.165, 1.54) is 30.3 Å². The number of benzene rings is 2. The molecule has 0 saturated heterocycles. The van der Waals surface area contributed by atoms with Gasteiger partial charge in [0.05, 0.1) is 22.3 Å². The van der Waals surface area contributed by atoms with Crippen molar-refractivity contribution in [2.75, 3.05) is 5.32 Å². The molecule has 2 nitrogen and oxygen atoms in total. The van der Waals surface area contributed by atoms with Gasteiger partial charge in [0.2, 0.25) is 0 Å². The normalized spacial score (nSPS) is 12.4. The van der Waals surface area contributed by atoms with Gasteiger partial charge in [-0.2, -0.15) is 26.3 Å². The van der Waals surface area contributed by atoms with Gasteiger partial charge in [-0.1, -0.05) is 18.2 Å². The van der Waals surface area contributed by atoms with E-state index >= 15 is 0 Å². The lowest BCUT2D eigenvalue weighted by atomic mass is 10.1. The predicted octanol–water partition coefficient (Wildman–Crippen LogP) is 6.32. The third kappa shape index (κ3) is 3.58. The molecule has 1 heterocycles. The summed E-state index contributed by atoms with van der Waals surface area (Å²) in [6, 6.07) is 9.33. The Labute approximate surface area is 144 Å². The van der Waals surface area contributed by atoms with Crippen molar-refractivity contribution in [3.63, 3.8) is 0 Å². The van der Waals surface area contributed by atoms with E-state index in [4.69, 9.17) is 0 Å². The summed E-state index contributed by atoms with van der Waals surface area (Å²) in [5, 5.41) is 2.97. The summed E-state index contributed by atoms with van der Waals surface area (Å²) in [5.74, 6) is 0. The number of hydrogen-bond acceptors (Lipinski definition) is 2. The molecule has 3 aromatic rings. The highest BCUT2D eigenvalue weighted by Gasteiger charge is 2.33. The Balaban J connectivity index is 2.12. The van der Waals surface area contributed by atoms with Crippen LogP contribution in [0, 0.1) is 6.92 Å². The largest absolute Gasteiger partial charge is 0.418 e. The number of anilines is 2. The summed E-state index contributed by atoms with van der Waals surface area (Å²) >= 11 is 0. The fourth-order valence-electron chi connectivity index (χ4n) is 2.62. The van der Waals surface area contributed by atoms with E-state index < -0.39 is 23.5 Å². The summed E-state index contributed by atoms with van der Waals surface area (Å²) < 4.78 is 78.1. The Kier molecular flexibility index (Phi) is 4.29. The highest BCUT2D eigenvalue weighted by molar-refractivity contribution is 5.94. The number of nitrogens with one attached hydrogen (secondary N) is 1. The zero-order valence-electron chi connectivity index (χ0n) is 13.3. The average molecular weight is 370 g/mol. The molecule has 3 rings (SSSR count). The summed E-state index contributed by atoms with van der Waals surface area (Å²) in [6.07, 6.45) is -9.10. The molecule has 0 aliphatic rings. The van der Waals surface area contributed by atoms with Crippen molar-refractivity contribution >= 4 is 22.3 Å². The zero-order chi connectivity index (χ0) is 19.1. The maximum absolute atomic E-state index is 13.2. The minimum atomic E-state index is -4.56. The monoisotopic (exact) mass is 370 g/mol. The molecule has 1 aromatic heterocycles. The quantitative estimate of drug-likeness (QED) is 0.534. The molecule has 0 spiro atoms. The van der Waals surface area contributed by atoms with Crippen LogP contribution in [0.4, 0.5) is 37.7 Å². The van der Waals surface area contributed by atoms with Crippen LogP contribution in [0.1, 0.15) is 16.8 Å². The number of aryl methyl sites for hydroxylation is 1. The maximum Gasteiger partial charge on any atom is 0.418 e. The maximum atomic E-state index is 13.2. The lowest BCUT2D eigenvalue weighted by molar-refractivity contribution is -0.138. The van der Waals surface area contributed by atoms with Gasteiger partial charge in [0.15, 0.2) is 0 Å². The molecule has 0 fully saturated rings. The predicted molar refractivity (Wildman–Crippen MR) is 86.2 cm³/mol. The van der Waals surface area contributed by atoms with Crippen LogP contribution in [-0.4, -0.2) is 4.98 Å². The number of hydrogen-bond donors (Lipinski definition) is 1. The fraction of sp³-hybridized carbons (Fsp3) is 0.167. The van der Waals surface area contributed by atoms with Crippen LogP contribution in [-0.2, 0) is 12.4 Å². The third-order valence-electron chi connectivity index (χ3n) is 3.77. The molecule has 2 aromatic carbocycles. The molecule has 0 amide bonds.